The molecule has 0 spiro atoms. The monoisotopic (exact) mass is 289 g/mol. The van der Waals surface area contributed by atoms with E-state index in [2.05, 4.69) is 20.2 Å². The first-order valence-electron chi connectivity index (χ1n) is 5.89. The van der Waals surface area contributed by atoms with Gasteiger partial charge in [0, 0.05) is 0 Å². The van der Waals surface area contributed by atoms with E-state index in [0.29, 0.717) is 33.6 Å². The van der Waals surface area contributed by atoms with Crippen LogP contribution in [-0.2, 0) is 12.3 Å². The van der Waals surface area contributed by atoms with Crippen LogP contribution in [0.1, 0.15) is 11.7 Å². The summed E-state index contributed by atoms with van der Waals surface area (Å²) in [5, 5.41) is 8.57. The Balaban J connectivity index is 1.82. The average Bonchev–Trinajstić information content (AvgIpc) is 2.93. The van der Waals surface area contributed by atoms with Gasteiger partial charge >= 0.3 is 0 Å². The molecule has 20 heavy (non-hydrogen) atoms. The highest BCUT2D eigenvalue weighted by molar-refractivity contribution is 7.98. The number of fused-ring (bicyclic) bond motifs is 1. The number of aromatic amines is 1. The van der Waals surface area contributed by atoms with Crippen molar-refractivity contribution in [1.82, 2.24) is 20.2 Å². The first kappa shape index (κ1) is 12.8. The minimum absolute atomic E-state index is 0.153. The van der Waals surface area contributed by atoms with Gasteiger partial charge in [0.1, 0.15) is 5.82 Å². The van der Waals surface area contributed by atoms with Gasteiger partial charge in [0.25, 0.3) is 10.8 Å². The van der Waals surface area contributed by atoms with Gasteiger partial charge in [0.2, 0.25) is 5.89 Å². The van der Waals surface area contributed by atoms with Crippen LogP contribution in [0.4, 0.5) is 0 Å². The molecule has 0 aliphatic heterocycles. The second-order valence-electron chi connectivity index (χ2n) is 3.98. The summed E-state index contributed by atoms with van der Waals surface area (Å²) in [6.07, 6.45) is 0. The molecule has 0 fully saturated rings. The first-order chi connectivity index (χ1) is 9.76. The molecule has 8 heteroatoms. The number of nitrogens with two attached hydrogens (primary N) is 1. The fourth-order valence-corrected chi connectivity index (χ4v) is 2.36. The molecule has 0 aliphatic carbocycles. The largest absolute Gasteiger partial charge is 0.415 e. The third kappa shape index (κ3) is 2.56. The summed E-state index contributed by atoms with van der Waals surface area (Å²) in [6.45, 7) is 0.207. The lowest BCUT2D eigenvalue weighted by Crippen LogP contribution is -2.11. The first-order valence-corrected chi connectivity index (χ1v) is 6.88. The second-order valence-corrected chi connectivity index (χ2v) is 4.91. The molecule has 0 unspecified atom stereocenters. The van der Waals surface area contributed by atoms with Gasteiger partial charge in [-0.15, -0.1) is 10.2 Å². The number of H-pyrrole nitrogens is 1. The molecule has 1 aromatic carbocycles. The number of hydrogen-bond donors (Lipinski definition) is 2. The van der Waals surface area contributed by atoms with Crippen LogP contribution in [0, 0.1) is 0 Å². The third-order valence-corrected chi connectivity index (χ3v) is 3.45. The van der Waals surface area contributed by atoms with Crippen LogP contribution in [-0.4, -0.2) is 20.2 Å². The van der Waals surface area contributed by atoms with E-state index in [1.54, 1.807) is 18.2 Å². The molecule has 0 atom stereocenters. The van der Waals surface area contributed by atoms with Crippen LogP contribution in [0.15, 0.2) is 38.7 Å². The predicted octanol–water partition coefficient (Wildman–Crippen LogP) is 1.06. The summed E-state index contributed by atoms with van der Waals surface area (Å²) in [5.74, 6) is 1.38. The van der Waals surface area contributed by atoms with Crippen LogP contribution >= 0.6 is 11.8 Å². The molecule has 0 radical (unpaired) electrons. The van der Waals surface area contributed by atoms with Gasteiger partial charge in [-0.05, 0) is 12.1 Å². The smallest absolute Gasteiger partial charge is 0.277 e. The molecule has 0 bridgehead atoms. The topological polar surface area (TPSA) is 111 Å². The molecule has 0 amide bonds. The summed E-state index contributed by atoms with van der Waals surface area (Å²) in [4.78, 5) is 19.0. The summed E-state index contributed by atoms with van der Waals surface area (Å²) in [6, 6.07) is 7.19. The molecule has 102 valence electrons. The van der Waals surface area contributed by atoms with Gasteiger partial charge in [-0.1, -0.05) is 23.9 Å². The highest BCUT2D eigenvalue weighted by atomic mass is 32.2. The Hall–Kier alpha value is -2.19. The van der Waals surface area contributed by atoms with Crippen molar-refractivity contribution in [2.24, 2.45) is 5.73 Å². The van der Waals surface area contributed by atoms with Crippen molar-refractivity contribution in [1.29, 1.82) is 0 Å². The Morgan fingerprint density at radius 3 is 2.95 bits per heavy atom. The lowest BCUT2D eigenvalue weighted by molar-refractivity contribution is 0.414. The summed E-state index contributed by atoms with van der Waals surface area (Å²) >= 11 is 1.30. The molecule has 0 aliphatic rings. The number of thioether (sulfide) groups is 1. The molecular formula is C12H11N5O2S. The molecule has 0 saturated heterocycles. The summed E-state index contributed by atoms with van der Waals surface area (Å²) in [5.41, 5.74) is 5.90. The maximum Gasteiger partial charge on any atom is 0.277 e. The number of nitrogens with zero attached hydrogens (tertiary/aromatic N) is 3. The van der Waals surface area contributed by atoms with Gasteiger partial charge in [-0.3, -0.25) is 4.79 Å². The van der Waals surface area contributed by atoms with Crippen molar-refractivity contribution < 1.29 is 4.42 Å². The van der Waals surface area contributed by atoms with Gasteiger partial charge in [0.15, 0.2) is 0 Å². The number of rotatable bonds is 4. The standard InChI is InChI=1S/C12H11N5O2S/c13-5-10-16-17-12(19-10)20-6-9-14-8-4-2-1-3-7(8)11(18)15-9/h1-4H,5-6,13H2,(H,14,15,18). The van der Waals surface area contributed by atoms with Crippen LogP contribution < -0.4 is 11.3 Å². The van der Waals surface area contributed by atoms with Crippen LogP contribution in [0.25, 0.3) is 10.9 Å². The van der Waals surface area contributed by atoms with Gasteiger partial charge < -0.3 is 15.1 Å². The fraction of sp³-hybridized carbons (Fsp3) is 0.167. The van der Waals surface area contributed by atoms with E-state index < -0.39 is 0 Å². The molecule has 0 saturated carbocycles. The average molecular weight is 289 g/mol. The highest BCUT2D eigenvalue weighted by Gasteiger charge is 2.08. The van der Waals surface area contributed by atoms with E-state index in [0.717, 1.165) is 0 Å². The number of hydrogen-bond acceptors (Lipinski definition) is 7. The van der Waals surface area contributed by atoms with E-state index in [1.807, 2.05) is 6.07 Å². The molecule has 3 N–H and O–H groups in total. The Labute approximate surface area is 117 Å². The number of para-hydroxylation sites is 1. The summed E-state index contributed by atoms with van der Waals surface area (Å²) < 4.78 is 5.27. The van der Waals surface area contributed by atoms with Crippen molar-refractivity contribution >= 4 is 22.7 Å². The zero-order valence-corrected chi connectivity index (χ0v) is 11.2. The zero-order valence-electron chi connectivity index (χ0n) is 10.4. The third-order valence-electron chi connectivity index (χ3n) is 2.62. The molecule has 7 nitrogen and oxygen atoms in total. The maximum atomic E-state index is 11.9. The van der Waals surface area contributed by atoms with Crippen LogP contribution in [0.2, 0.25) is 0 Å². The van der Waals surface area contributed by atoms with Crippen molar-refractivity contribution in [3.05, 3.63) is 46.3 Å². The van der Waals surface area contributed by atoms with Crippen molar-refractivity contribution in [3.8, 4) is 0 Å². The van der Waals surface area contributed by atoms with Crippen LogP contribution in [0.5, 0.6) is 0 Å². The molecule has 3 rings (SSSR count). The predicted molar refractivity (Wildman–Crippen MR) is 74.1 cm³/mol. The number of nitrogens with one attached hydrogen (secondary N) is 1. The van der Waals surface area contributed by atoms with Gasteiger partial charge in [-0.25, -0.2) is 4.98 Å². The van der Waals surface area contributed by atoms with Gasteiger partial charge in [-0.2, -0.15) is 0 Å². The Morgan fingerprint density at radius 2 is 2.15 bits per heavy atom. The lowest BCUT2D eigenvalue weighted by Gasteiger charge is -2.00. The minimum atomic E-state index is -0.153. The molecular weight excluding hydrogens is 278 g/mol. The second kappa shape index (κ2) is 5.43. The number of aromatic nitrogens is 4. The van der Waals surface area contributed by atoms with Crippen molar-refractivity contribution in [3.63, 3.8) is 0 Å². The minimum Gasteiger partial charge on any atom is -0.415 e. The van der Waals surface area contributed by atoms with E-state index in [4.69, 9.17) is 10.2 Å². The summed E-state index contributed by atoms with van der Waals surface area (Å²) in [7, 11) is 0. The Morgan fingerprint density at radius 1 is 1.30 bits per heavy atom. The molecule has 3 aromatic rings. The molecule has 2 heterocycles. The van der Waals surface area contributed by atoms with Gasteiger partial charge in [0.05, 0.1) is 23.2 Å². The quantitative estimate of drug-likeness (QED) is 0.691. The fourth-order valence-electron chi connectivity index (χ4n) is 1.71. The highest BCUT2D eigenvalue weighted by Crippen LogP contribution is 2.19. The van der Waals surface area contributed by atoms with Crippen molar-refractivity contribution in [2.45, 2.75) is 17.5 Å². The Kier molecular flexibility index (Phi) is 3.48. The van der Waals surface area contributed by atoms with E-state index >= 15 is 0 Å². The normalized spacial score (nSPS) is 11.1. The number of benzene rings is 1. The van der Waals surface area contributed by atoms with Crippen LogP contribution in [0.3, 0.4) is 0 Å². The van der Waals surface area contributed by atoms with E-state index in [-0.39, 0.29) is 12.1 Å². The SMILES string of the molecule is NCc1nnc(SCc2nc3ccccc3c(=O)[nH]2)o1. The van der Waals surface area contributed by atoms with E-state index in [9.17, 15) is 4.79 Å². The Bertz CT molecular complexity index is 798. The zero-order chi connectivity index (χ0) is 13.9. The lowest BCUT2D eigenvalue weighted by atomic mass is 10.2. The van der Waals surface area contributed by atoms with E-state index in [1.165, 1.54) is 11.8 Å². The van der Waals surface area contributed by atoms with Crippen molar-refractivity contribution in [2.75, 3.05) is 0 Å². The maximum absolute atomic E-state index is 11.9. The molecule has 2 aromatic heterocycles.